The number of ether oxygens (including phenoxy) is 1. The molecule has 15 heavy (non-hydrogen) atoms. The molecule has 3 N–H and O–H groups in total. The zero-order valence-corrected chi connectivity index (χ0v) is 9.10. The molecule has 1 rings (SSSR count). The van der Waals surface area contributed by atoms with Crippen molar-refractivity contribution in [2.24, 2.45) is 10.7 Å². The van der Waals surface area contributed by atoms with Gasteiger partial charge >= 0.3 is 0 Å². The Balaban J connectivity index is 2.49. The molecule has 0 aliphatic carbocycles. The van der Waals surface area contributed by atoms with Gasteiger partial charge in [0.15, 0.2) is 5.96 Å². The summed E-state index contributed by atoms with van der Waals surface area (Å²) in [7, 11) is 1.66. The van der Waals surface area contributed by atoms with Crippen LogP contribution < -0.4 is 11.1 Å². The molecule has 0 atom stereocenters. The smallest absolute Gasteiger partial charge is 0.193 e. The lowest BCUT2D eigenvalue weighted by Gasteiger charge is -2.01. The molecule has 6 heteroatoms. The molecule has 84 valence electrons. The Labute approximate surface area is 89.1 Å². The van der Waals surface area contributed by atoms with Crippen molar-refractivity contribution < 1.29 is 4.74 Å². The first-order valence-electron chi connectivity index (χ1n) is 4.84. The third-order valence-corrected chi connectivity index (χ3v) is 1.76. The highest BCUT2D eigenvalue weighted by Crippen LogP contribution is 2.03. The van der Waals surface area contributed by atoms with Gasteiger partial charge < -0.3 is 15.8 Å². The lowest BCUT2D eigenvalue weighted by Crippen LogP contribution is -2.22. The van der Waals surface area contributed by atoms with Gasteiger partial charge in [-0.05, 0) is 6.92 Å². The Morgan fingerprint density at radius 1 is 1.73 bits per heavy atom. The van der Waals surface area contributed by atoms with E-state index in [9.17, 15) is 0 Å². The topological polar surface area (TPSA) is 77.5 Å². The zero-order chi connectivity index (χ0) is 11.1. The molecule has 0 aromatic carbocycles. The number of nitrogens with one attached hydrogen (secondary N) is 1. The number of hydrogen-bond acceptors (Lipinski definition) is 3. The minimum atomic E-state index is 0.406. The summed E-state index contributed by atoms with van der Waals surface area (Å²) in [5, 5.41) is 7.07. The second-order valence-corrected chi connectivity index (χ2v) is 2.97. The van der Waals surface area contributed by atoms with Crippen LogP contribution in [-0.2, 0) is 11.3 Å². The molecule has 0 saturated heterocycles. The fourth-order valence-corrected chi connectivity index (χ4v) is 1.09. The van der Waals surface area contributed by atoms with Crippen molar-refractivity contribution in [3.05, 3.63) is 12.4 Å². The summed E-state index contributed by atoms with van der Waals surface area (Å²) in [6.07, 6.45) is 3.56. The summed E-state index contributed by atoms with van der Waals surface area (Å²) in [4.78, 5) is 4.01. The SMILES string of the molecule is CCN=C(N)Nc1cnn(CCOC)c1. The highest BCUT2D eigenvalue weighted by Gasteiger charge is 1.98. The van der Waals surface area contributed by atoms with Crippen LogP contribution in [-0.4, -0.2) is 36.0 Å². The van der Waals surface area contributed by atoms with Crippen LogP contribution in [0.1, 0.15) is 6.92 Å². The van der Waals surface area contributed by atoms with Crippen LogP contribution in [0.25, 0.3) is 0 Å². The molecule has 0 unspecified atom stereocenters. The highest BCUT2D eigenvalue weighted by atomic mass is 16.5. The molecule has 0 aliphatic rings. The fraction of sp³-hybridized carbons (Fsp3) is 0.556. The van der Waals surface area contributed by atoms with Crippen LogP contribution >= 0.6 is 0 Å². The van der Waals surface area contributed by atoms with E-state index in [2.05, 4.69) is 15.4 Å². The lowest BCUT2D eigenvalue weighted by atomic mass is 10.5. The van der Waals surface area contributed by atoms with Crippen molar-refractivity contribution >= 4 is 11.6 Å². The van der Waals surface area contributed by atoms with Crippen LogP contribution in [0.15, 0.2) is 17.4 Å². The van der Waals surface area contributed by atoms with E-state index in [1.165, 1.54) is 0 Å². The Kier molecular flexibility index (Phi) is 4.62. The van der Waals surface area contributed by atoms with Crippen molar-refractivity contribution in [1.29, 1.82) is 0 Å². The van der Waals surface area contributed by atoms with E-state index in [1.807, 2.05) is 13.1 Å². The maximum Gasteiger partial charge on any atom is 0.193 e. The van der Waals surface area contributed by atoms with Gasteiger partial charge in [0.25, 0.3) is 0 Å². The molecule has 0 fully saturated rings. The van der Waals surface area contributed by atoms with Gasteiger partial charge in [0.05, 0.1) is 25.0 Å². The van der Waals surface area contributed by atoms with E-state index in [-0.39, 0.29) is 0 Å². The van der Waals surface area contributed by atoms with Gasteiger partial charge in [0.1, 0.15) is 0 Å². The standard InChI is InChI=1S/C9H17N5O/c1-3-11-9(10)13-8-6-12-14(7-8)4-5-15-2/h6-7H,3-5H2,1-2H3,(H3,10,11,13). The van der Waals surface area contributed by atoms with Crippen molar-refractivity contribution in [3.8, 4) is 0 Å². The van der Waals surface area contributed by atoms with E-state index < -0.39 is 0 Å². The summed E-state index contributed by atoms with van der Waals surface area (Å²) in [5.74, 6) is 0.406. The number of rotatable bonds is 5. The quantitative estimate of drug-likeness (QED) is 0.541. The summed E-state index contributed by atoms with van der Waals surface area (Å²) in [6, 6.07) is 0. The van der Waals surface area contributed by atoms with Crippen LogP contribution in [0.5, 0.6) is 0 Å². The molecular weight excluding hydrogens is 194 g/mol. The third kappa shape index (κ3) is 3.99. The van der Waals surface area contributed by atoms with Crippen molar-refractivity contribution in [3.63, 3.8) is 0 Å². The number of methoxy groups -OCH3 is 1. The monoisotopic (exact) mass is 211 g/mol. The van der Waals surface area contributed by atoms with Crippen LogP contribution in [0, 0.1) is 0 Å². The molecule has 0 saturated carbocycles. The second-order valence-electron chi connectivity index (χ2n) is 2.97. The first kappa shape index (κ1) is 11.5. The summed E-state index contributed by atoms with van der Waals surface area (Å²) < 4.78 is 6.73. The fourth-order valence-electron chi connectivity index (χ4n) is 1.09. The predicted octanol–water partition coefficient (Wildman–Crippen LogP) is 0.276. The Morgan fingerprint density at radius 2 is 2.53 bits per heavy atom. The molecule has 1 aromatic heterocycles. The van der Waals surface area contributed by atoms with Gasteiger partial charge in [-0.3, -0.25) is 9.67 Å². The van der Waals surface area contributed by atoms with E-state index in [0.29, 0.717) is 19.1 Å². The van der Waals surface area contributed by atoms with Crippen molar-refractivity contribution in [1.82, 2.24) is 9.78 Å². The maximum absolute atomic E-state index is 5.60. The number of guanidine groups is 1. The molecule has 0 bridgehead atoms. The van der Waals surface area contributed by atoms with Gasteiger partial charge in [-0.15, -0.1) is 0 Å². The van der Waals surface area contributed by atoms with Gasteiger partial charge in [-0.1, -0.05) is 0 Å². The number of aliphatic imine (C=N–C) groups is 1. The minimum absolute atomic E-state index is 0.406. The summed E-state index contributed by atoms with van der Waals surface area (Å²) in [5.41, 5.74) is 6.44. The minimum Gasteiger partial charge on any atom is -0.383 e. The van der Waals surface area contributed by atoms with Gasteiger partial charge in [-0.2, -0.15) is 5.10 Å². The lowest BCUT2D eigenvalue weighted by molar-refractivity contribution is 0.183. The average Bonchev–Trinajstić information content (AvgIpc) is 2.63. The number of hydrogen-bond donors (Lipinski definition) is 2. The first-order chi connectivity index (χ1) is 7.26. The molecule has 6 nitrogen and oxygen atoms in total. The van der Waals surface area contributed by atoms with E-state index in [1.54, 1.807) is 18.0 Å². The van der Waals surface area contributed by atoms with Gasteiger partial charge in [0.2, 0.25) is 0 Å². The largest absolute Gasteiger partial charge is 0.383 e. The zero-order valence-electron chi connectivity index (χ0n) is 9.10. The van der Waals surface area contributed by atoms with Crippen molar-refractivity contribution in [2.45, 2.75) is 13.5 Å². The first-order valence-corrected chi connectivity index (χ1v) is 4.84. The Hall–Kier alpha value is -1.56. The maximum atomic E-state index is 5.60. The number of nitrogens with two attached hydrogens (primary N) is 1. The van der Waals surface area contributed by atoms with Crippen LogP contribution in [0.3, 0.4) is 0 Å². The Bertz CT molecular complexity index is 320. The van der Waals surface area contributed by atoms with E-state index in [0.717, 1.165) is 12.2 Å². The number of aromatic nitrogens is 2. The molecule has 0 amide bonds. The Morgan fingerprint density at radius 3 is 3.20 bits per heavy atom. The van der Waals surface area contributed by atoms with E-state index >= 15 is 0 Å². The molecule has 1 aromatic rings. The molecular formula is C9H17N5O. The molecule has 0 radical (unpaired) electrons. The van der Waals surface area contributed by atoms with Crippen molar-refractivity contribution in [2.75, 3.05) is 25.6 Å². The van der Waals surface area contributed by atoms with E-state index in [4.69, 9.17) is 10.5 Å². The molecule has 0 spiro atoms. The molecule has 0 aliphatic heterocycles. The normalized spacial score (nSPS) is 11.7. The highest BCUT2D eigenvalue weighted by molar-refractivity contribution is 5.91. The van der Waals surface area contributed by atoms with Crippen LogP contribution in [0.4, 0.5) is 5.69 Å². The summed E-state index contributed by atoms with van der Waals surface area (Å²) >= 11 is 0. The average molecular weight is 211 g/mol. The summed E-state index contributed by atoms with van der Waals surface area (Å²) in [6.45, 7) is 3.95. The van der Waals surface area contributed by atoms with Crippen LogP contribution in [0.2, 0.25) is 0 Å². The second kappa shape index (κ2) is 6.02. The van der Waals surface area contributed by atoms with Gasteiger partial charge in [-0.25, -0.2) is 0 Å². The van der Waals surface area contributed by atoms with Gasteiger partial charge in [0, 0.05) is 19.9 Å². The number of anilines is 1. The number of nitrogens with zero attached hydrogens (tertiary/aromatic N) is 3. The molecule has 1 heterocycles. The predicted molar refractivity (Wildman–Crippen MR) is 59.9 cm³/mol. The third-order valence-electron chi connectivity index (χ3n) is 1.76.